The molecule has 1 N–H and O–H groups in total. The molecule has 1 aromatic rings. The number of benzene rings is 1. The molecule has 3 rings (SSSR count). The Hall–Kier alpha value is -1.93. The molecule has 8 heteroatoms. The van der Waals surface area contributed by atoms with Crippen LogP contribution in [0.5, 0.6) is 0 Å². The van der Waals surface area contributed by atoms with Crippen LogP contribution in [0.25, 0.3) is 0 Å². The minimum atomic E-state index is -3.58. The van der Waals surface area contributed by atoms with E-state index in [2.05, 4.69) is 19.2 Å². The Bertz CT molecular complexity index is 854. The summed E-state index contributed by atoms with van der Waals surface area (Å²) in [6.45, 7) is 9.41. The van der Waals surface area contributed by atoms with E-state index in [1.807, 2.05) is 0 Å². The highest BCUT2D eigenvalue weighted by atomic mass is 32.2. The predicted molar refractivity (Wildman–Crippen MR) is 106 cm³/mol. The third kappa shape index (κ3) is 3.80. The van der Waals surface area contributed by atoms with Crippen molar-refractivity contribution in [2.45, 2.75) is 44.6 Å². The van der Waals surface area contributed by atoms with Crippen molar-refractivity contribution in [3.8, 4) is 0 Å². The molecule has 2 atom stereocenters. The van der Waals surface area contributed by atoms with Crippen LogP contribution in [0.4, 0.5) is 0 Å². The van der Waals surface area contributed by atoms with Gasteiger partial charge in [0.1, 0.15) is 5.54 Å². The molecule has 2 aliphatic rings. The average molecular weight is 408 g/mol. The van der Waals surface area contributed by atoms with Crippen molar-refractivity contribution in [3.63, 3.8) is 0 Å². The minimum absolute atomic E-state index is 0.195. The quantitative estimate of drug-likeness (QED) is 0.826. The van der Waals surface area contributed by atoms with Crippen molar-refractivity contribution in [3.05, 3.63) is 29.8 Å². The van der Waals surface area contributed by atoms with Gasteiger partial charge in [-0.1, -0.05) is 13.8 Å². The fourth-order valence-electron chi connectivity index (χ4n) is 4.13. The molecule has 2 saturated heterocycles. The van der Waals surface area contributed by atoms with Crippen LogP contribution in [0.15, 0.2) is 29.2 Å². The lowest BCUT2D eigenvalue weighted by atomic mass is 9.94. The van der Waals surface area contributed by atoms with Gasteiger partial charge in [0.25, 0.3) is 5.91 Å². The molecule has 0 saturated carbocycles. The Morgan fingerprint density at radius 1 is 1.11 bits per heavy atom. The first-order valence-corrected chi connectivity index (χ1v) is 11.2. The molecule has 0 bridgehead atoms. The summed E-state index contributed by atoms with van der Waals surface area (Å²) in [5.41, 5.74) is -0.567. The van der Waals surface area contributed by atoms with Gasteiger partial charge in [0.2, 0.25) is 15.9 Å². The lowest BCUT2D eigenvalue weighted by molar-refractivity contribution is -0.133. The van der Waals surface area contributed by atoms with Crippen LogP contribution in [0.1, 0.15) is 44.5 Å². The van der Waals surface area contributed by atoms with Crippen LogP contribution in [0, 0.1) is 11.8 Å². The largest absolute Gasteiger partial charge is 0.352 e. The zero-order valence-electron chi connectivity index (χ0n) is 16.9. The number of nitrogens with one attached hydrogen (secondary N) is 1. The van der Waals surface area contributed by atoms with Gasteiger partial charge in [0, 0.05) is 31.7 Å². The molecule has 1 aromatic carbocycles. The molecular formula is C20H29N3O4S. The summed E-state index contributed by atoms with van der Waals surface area (Å²) in [6.07, 6.45) is 1.03. The Morgan fingerprint density at radius 2 is 1.68 bits per heavy atom. The van der Waals surface area contributed by atoms with Gasteiger partial charge in [-0.3, -0.25) is 9.59 Å². The van der Waals surface area contributed by atoms with E-state index < -0.39 is 15.6 Å². The van der Waals surface area contributed by atoms with Crippen molar-refractivity contribution < 1.29 is 18.0 Å². The molecule has 28 heavy (non-hydrogen) atoms. The van der Waals surface area contributed by atoms with Crippen molar-refractivity contribution in [2.24, 2.45) is 11.8 Å². The van der Waals surface area contributed by atoms with Gasteiger partial charge in [-0.05, 0) is 56.4 Å². The normalized spacial score (nSPS) is 26.0. The number of piperidine rings is 1. The van der Waals surface area contributed by atoms with Crippen LogP contribution in [0.3, 0.4) is 0 Å². The van der Waals surface area contributed by atoms with E-state index in [4.69, 9.17) is 0 Å². The minimum Gasteiger partial charge on any atom is -0.352 e. The van der Waals surface area contributed by atoms with Gasteiger partial charge in [0.05, 0.1) is 4.90 Å². The van der Waals surface area contributed by atoms with Crippen molar-refractivity contribution in [1.29, 1.82) is 0 Å². The number of piperazine rings is 1. The number of nitrogens with zero attached hydrogens (tertiary/aromatic N) is 2. The highest BCUT2D eigenvalue weighted by Gasteiger charge is 2.40. The number of sulfonamides is 1. The molecule has 2 heterocycles. The maximum absolute atomic E-state index is 13.0. The van der Waals surface area contributed by atoms with Crippen LogP contribution in [0.2, 0.25) is 0 Å². The molecule has 0 aliphatic carbocycles. The highest BCUT2D eigenvalue weighted by molar-refractivity contribution is 7.89. The molecule has 7 nitrogen and oxygen atoms in total. The van der Waals surface area contributed by atoms with Gasteiger partial charge in [-0.25, -0.2) is 8.42 Å². The maximum atomic E-state index is 13.0. The fraction of sp³-hybridized carbons (Fsp3) is 0.600. The van der Waals surface area contributed by atoms with E-state index in [1.165, 1.54) is 29.2 Å². The highest BCUT2D eigenvalue weighted by Crippen LogP contribution is 2.27. The van der Waals surface area contributed by atoms with E-state index in [9.17, 15) is 18.0 Å². The lowest BCUT2D eigenvalue weighted by Gasteiger charge is -2.41. The van der Waals surface area contributed by atoms with Crippen LogP contribution < -0.4 is 5.32 Å². The first-order valence-electron chi connectivity index (χ1n) is 9.74. The summed E-state index contributed by atoms with van der Waals surface area (Å²) >= 11 is 0. The molecular weight excluding hydrogens is 378 g/mol. The molecule has 2 fully saturated rings. The van der Waals surface area contributed by atoms with Crippen LogP contribution >= 0.6 is 0 Å². The molecule has 0 aromatic heterocycles. The number of rotatable bonds is 3. The first kappa shape index (κ1) is 20.8. The predicted octanol–water partition coefficient (Wildman–Crippen LogP) is 1.70. The zero-order chi connectivity index (χ0) is 20.7. The second kappa shape index (κ2) is 7.48. The Morgan fingerprint density at radius 3 is 2.25 bits per heavy atom. The zero-order valence-corrected chi connectivity index (χ0v) is 17.8. The number of hydrogen-bond donors (Lipinski definition) is 1. The van der Waals surface area contributed by atoms with Crippen molar-refractivity contribution in [1.82, 2.24) is 14.5 Å². The lowest BCUT2D eigenvalue weighted by Crippen LogP contribution is -2.63. The Balaban J connectivity index is 1.81. The van der Waals surface area contributed by atoms with E-state index in [0.29, 0.717) is 43.6 Å². The van der Waals surface area contributed by atoms with Gasteiger partial charge in [-0.15, -0.1) is 0 Å². The number of carbonyl (C=O) groups excluding carboxylic acids is 2. The summed E-state index contributed by atoms with van der Waals surface area (Å²) < 4.78 is 27.5. The smallest absolute Gasteiger partial charge is 0.254 e. The monoisotopic (exact) mass is 407 g/mol. The Kier molecular flexibility index (Phi) is 5.55. The summed E-state index contributed by atoms with van der Waals surface area (Å²) in [4.78, 5) is 26.7. The molecule has 0 radical (unpaired) electrons. The van der Waals surface area contributed by atoms with E-state index in [0.717, 1.165) is 6.42 Å². The van der Waals surface area contributed by atoms with E-state index in [1.54, 1.807) is 18.2 Å². The SMILES string of the molecule is CC1CC(C)CN(S(=O)(=O)c2ccc(C(=O)N3CCNC(=O)C3(C)C)cc2)C1. The summed E-state index contributed by atoms with van der Waals surface area (Å²) in [7, 11) is -3.58. The van der Waals surface area contributed by atoms with Gasteiger partial charge in [0.15, 0.2) is 0 Å². The van der Waals surface area contributed by atoms with Crippen molar-refractivity contribution >= 4 is 21.8 Å². The van der Waals surface area contributed by atoms with Crippen molar-refractivity contribution in [2.75, 3.05) is 26.2 Å². The standard InChI is InChI=1S/C20H29N3O4S/c1-14-11-15(2)13-22(12-14)28(26,27)17-7-5-16(6-8-17)18(24)23-10-9-21-19(25)20(23,3)4/h5-8,14-15H,9-13H2,1-4H3,(H,21,25). The van der Waals surface area contributed by atoms with E-state index in [-0.39, 0.29) is 16.7 Å². The number of hydrogen-bond acceptors (Lipinski definition) is 4. The molecule has 2 unspecified atom stereocenters. The van der Waals surface area contributed by atoms with Crippen LogP contribution in [-0.2, 0) is 14.8 Å². The maximum Gasteiger partial charge on any atom is 0.254 e. The third-order valence-electron chi connectivity index (χ3n) is 5.67. The first-order chi connectivity index (χ1) is 13.0. The summed E-state index contributed by atoms with van der Waals surface area (Å²) in [5.74, 6) is 0.183. The molecule has 0 spiro atoms. The third-order valence-corrected chi connectivity index (χ3v) is 7.52. The van der Waals surface area contributed by atoms with Gasteiger partial charge >= 0.3 is 0 Å². The van der Waals surface area contributed by atoms with Gasteiger partial charge < -0.3 is 10.2 Å². The topological polar surface area (TPSA) is 86.8 Å². The molecule has 154 valence electrons. The van der Waals surface area contributed by atoms with Gasteiger partial charge in [-0.2, -0.15) is 4.31 Å². The second-order valence-electron chi connectivity index (χ2n) is 8.56. The number of amides is 2. The average Bonchev–Trinajstić information content (AvgIpc) is 2.63. The molecule has 2 amide bonds. The second-order valence-corrected chi connectivity index (χ2v) is 10.5. The van der Waals surface area contributed by atoms with E-state index >= 15 is 0 Å². The summed E-state index contributed by atoms with van der Waals surface area (Å²) in [5, 5.41) is 2.76. The number of carbonyl (C=O) groups is 2. The van der Waals surface area contributed by atoms with Crippen LogP contribution in [-0.4, -0.2) is 61.2 Å². The fourth-order valence-corrected chi connectivity index (χ4v) is 5.81. The molecule has 2 aliphatic heterocycles. The Labute approximate surface area is 167 Å². The summed E-state index contributed by atoms with van der Waals surface area (Å²) in [6, 6.07) is 6.05.